The summed E-state index contributed by atoms with van der Waals surface area (Å²) >= 11 is 0. The lowest BCUT2D eigenvalue weighted by molar-refractivity contribution is -0.217. The second kappa shape index (κ2) is 9.20. The highest BCUT2D eigenvalue weighted by atomic mass is 16.5. The summed E-state index contributed by atoms with van der Waals surface area (Å²) in [7, 11) is 0. The van der Waals surface area contributed by atoms with E-state index in [1.807, 2.05) is 0 Å². The molecular weight excluding hydrogens is 424 g/mol. The minimum Gasteiger partial charge on any atom is -0.481 e. The highest BCUT2D eigenvalue weighted by Gasteiger charge is 2.67. The van der Waals surface area contributed by atoms with Crippen LogP contribution < -0.4 is 0 Å². The molecule has 4 aliphatic carbocycles. The highest BCUT2D eigenvalue weighted by molar-refractivity contribution is 5.66. The summed E-state index contributed by atoms with van der Waals surface area (Å²) in [4.78, 5) is 34.3. The average Bonchev–Trinajstić information content (AvgIpc) is 3.12. The number of aliphatic hydroxyl groups is 1. The van der Waals surface area contributed by atoms with Crippen LogP contribution in [0.15, 0.2) is 0 Å². The molecule has 7 heteroatoms. The van der Waals surface area contributed by atoms with Gasteiger partial charge in [0.15, 0.2) is 0 Å². The first kappa shape index (κ1) is 24.5. The van der Waals surface area contributed by atoms with Gasteiger partial charge in [0.1, 0.15) is 12.2 Å². The topological polar surface area (TPSA) is 110 Å². The summed E-state index contributed by atoms with van der Waals surface area (Å²) in [6.45, 7) is 7.86. The van der Waals surface area contributed by atoms with Crippen LogP contribution in [-0.4, -0.2) is 47.4 Å². The molecule has 4 fully saturated rings. The number of ether oxygens (including phenoxy) is 2. The van der Waals surface area contributed by atoms with E-state index in [1.54, 1.807) is 0 Å². The van der Waals surface area contributed by atoms with E-state index in [0.717, 1.165) is 44.9 Å². The number of carbonyl (C=O) groups is 3. The molecule has 0 radical (unpaired) electrons. The van der Waals surface area contributed by atoms with E-state index >= 15 is 0 Å². The predicted molar refractivity (Wildman–Crippen MR) is 120 cm³/mol. The van der Waals surface area contributed by atoms with Gasteiger partial charge in [-0.25, -0.2) is 0 Å². The van der Waals surface area contributed by atoms with Gasteiger partial charge in [0.2, 0.25) is 0 Å². The lowest BCUT2D eigenvalue weighted by Gasteiger charge is -2.64. The molecule has 0 amide bonds. The number of hydrogen-bond donors (Lipinski definition) is 2. The Hall–Kier alpha value is -1.63. The molecule has 2 N–H and O–H groups in total. The monoisotopic (exact) mass is 464 g/mol. The number of carbonyl (C=O) groups excluding carboxylic acids is 2. The van der Waals surface area contributed by atoms with E-state index in [-0.39, 0.29) is 71.1 Å². The van der Waals surface area contributed by atoms with Crippen LogP contribution in [0.1, 0.15) is 78.6 Å². The number of fused-ring (bicyclic) bond motifs is 5. The fourth-order valence-corrected chi connectivity index (χ4v) is 9.12. The van der Waals surface area contributed by atoms with Crippen LogP contribution in [0.3, 0.4) is 0 Å². The molecule has 0 aliphatic heterocycles. The van der Waals surface area contributed by atoms with Gasteiger partial charge >= 0.3 is 5.97 Å². The Morgan fingerprint density at radius 1 is 1.06 bits per heavy atom. The quantitative estimate of drug-likeness (QED) is 0.526. The highest BCUT2D eigenvalue weighted by Crippen LogP contribution is 2.69. The molecule has 4 saturated carbocycles. The first-order chi connectivity index (χ1) is 15.7. The molecule has 0 aromatic carbocycles. The molecule has 4 aliphatic rings. The van der Waals surface area contributed by atoms with Gasteiger partial charge < -0.3 is 19.7 Å². The molecule has 7 nitrogen and oxygen atoms in total. The lowest BCUT2D eigenvalue weighted by atomic mass is 9.43. The number of aliphatic hydroxyl groups excluding tert-OH is 1. The van der Waals surface area contributed by atoms with Crippen LogP contribution >= 0.6 is 0 Å². The maximum absolute atomic E-state index is 11.6. The van der Waals surface area contributed by atoms with Crippen molar-refractivity contribution in [1.29, 1.82) is 0 Å². The molecule has 0 aromatic heterocycles. The minimum atomic E-state index is -0.781. The smallest absolute Gasteiger partial charge is 0.303 e. The Morgan fingerprint density at radius 2 is 1.79 bits per heavy atom. The van der Waals surface area contributed by atoms with Gasteiger partial charge in [-0.05, 0) is 86.4 Å². The third kappa shape index (κ3) is 3.98. The van der Waals surface area contributed by atoms with Crippen LogP contribution in [0.2, 0.25) is 0 Å². The summed E-state index contributed by atoms with van der Waals surface area (Å²) in [5.41, 5.74) is -0.257. The summed E-state index contributed by atoms with van der Waals surface area (Å²) in [5.74, 6) is 0.644. The van der Waals surface area contributed by atoms with Crippen molar-refractivity contribution in [2.45, 2.75) is 96.9 Å². The summed E-state index contributed by atoms with van der Waals surface area (Å²) in [6, 6.07) is 0. The van der Waals surface area contributed by atoms with Crippen LogP contribution in [0, 0.1) is 46.3 Å². The number of rotatable bonds is 8. The van der Waals surface area contributed by atoms with Crippen LogP contribution in [0.25, 0.3) is 0 Å². The molecule has 33 heavy (non-hydrogen) atoms. The summed E-state index contributed by atoms with van der Waals surface area (Å²) in [6.07, 6.45) is 5.92. The first-order valence-corrected chi connectivity index (χ1v) is 12.7. The standard InChI is InChI=1S/C26H40O7/c1-15(4-7-23(30)31)18-5-6-19-24-20(12-22(33-14-28)26(18,19)3)25(2)9-8-17(29)10-16(25)11-21(24)32-13-27/h13-22,24,29H,4-12H2,1-3H3,(H,30,31)/t15?,16?,17-,18?,19?,20?,21-,22+,24?,25?,26?/m1/s1. The van der Waals surface area contributed by atoms with Crippen LogP contribution in [0.5, 0.6) is 0 Å². The Balaban J connectivity index is 1.70. The Morgan fingerprint density at radius 3 is 2.45 bits per heavy atom. The van der Waals surface area contributed by atoms with Crippen molar-refractivity contribution in [1.82, 2.24) is 0 Å². The van der Waals surface area contributed by atoms with E-state index in [9.17, 15) is 24.6 Å². The van der Waals surface area contributed by atoms with Gasteiger partial charge in [-0.2, -0.15) is 0 Å². The molecular formula is C26H40O7. The van der Waals surface area contributed by atoms with Crippen molar-refractivity contribution in [2.24, 2.45) is 46.3 Å². The van der Waals surface area contributed by atoms with Crippen molar-refractivity contribution < 1.29 is 34.1 Å². The van der Waals surface area contributed by atoms with Crippen molar-refractivity contribution in [2.75, 3.05) is 0 Å². The fourth-order valence-electron chi connectivity index (χ4n) is 9.12. The molecule has 0 aromatic rings. The van der Waals surface area contributed by atoms with Gasteiger partial charge in [0.05, 0.1) is 6.10 Å². The summed E-state index contributed by atoms with van der Waals surface area (Å²) < 4.78 is 11.6. The van der Waals surface area contributed by atoms with E-state index < -0.39 is 5.97 Å². The second-order valence-corrected chi connectivity index (χ2v) is 11.8. The largest absolute Gasteiger partial charge is 0.481 e. The van der Waals surface area contributed by atoms with Crippen molar-refractivity contribution in [3.05, 3.63) is 0 Å². The summed E-state index contributed by atoms with van der Waals surface area (Å²) in [5, 5.41) is 19.6. The predicted octanol–water partition coefficient (Wildman–Crippen LogP) is 3.81. The van der Waals surface area contributed by atoms with Gasteiger partial charge in [0.25, 0.3) is 12.9 Å². The Bertz CT molecular complexity index is 755. The maximum atomic E-state index is 11.6. The molecule has 0 spiro atoms. The second-order valence-electron chi connectivity index (χ2n) is 11.8. The zero-order valence-electron chi connectivity index (χ0n) is 20.2. The molecule has 0 saturated heterocycles. The minimum absolute atomic E-state index is 0.0193. The SMILES string of the molecule is CC(CCC(=O)O)C1CCC2C3C(C[C@H](OC=O)C12C)C1(C)CC[C@@H](O)CC1C[C@H]3OC=O. The molecule has 186 valence electrons. The van der Waals surface area contributed by atoms with Crippen LogP contribution in [0.4, 0.5) is 0 Å². The average molecular weight is 465 g/mol. The number of aliphatic carboxylic acids is 1. The van der Waals surface area contributed by atoms with Crippen molar-refractivity contribution in [3.63, 3.8) is 0 Å². The molecule has 4 rings (SSSR count). The molecule has 8 unspecified atom stereocenters. The first-order valence-electron chi connectivity index (χ1n) is 12.7. The number of hydrogen-bond acceptors (Lipinski definition) is 6. The normalized spacial score (nSPS) is 47.4. The molecule has 0 heterocycles. The van der Waals surface area contributed by atoms with Crippen molar-refractivity contribution in [3.8, 4) is 0 Å². The maximum Gasteiger partial charge on any atom is 0.303 e. The fraction of sp³-hybridized carbons (Fsp3) is 0.885. The Labute approximate surface area is 196 Å². The molecule has 11 atom stereocenters. The molecule has 0 bridgehead atoms. The van der Waals surface area contributed by atoms with Gasteiger partial charge in [-0.15, -0.1) is 0 Å². The van der Waals surface area contributed by atoms with Gasteiger partial charge in [-0.3, -0.25) is 14.4 Å². The lowest BCUT2D eigenvalue weighted by Crippen LogP contribution is -2.63. The Kier molecular flexibility index (Phi) is 6.83. The zero-order valence-corrected chi connectivity index (χ0v) is 20.2. The van der Waals surface area contributed by atoms with E-state index in [4.69, 9.17) is 9.47 Å². The third-order valence-corrected chi connectivity index (χ3v) is 10.7. The van der Waals surface area contributed by atoms with Gasteiger partial charge in [-0.1, -0.05) is 20.8 Å². The van der Waals surface area contributed by atoms with Crippen molar-refractivity contribution >= 4 is 18.9 Å². The van der Waals surface area contributed by atoms with Crippen LogP contribution in [-0.2, 0) is 23.9 Å². The zero-order chi connectivity index (χ0) is 24.0. The van der Waals surface area contributed by atoms with E-state index in [1.165, 1.54) is 0 Å². The third-order valence-electron chi connectivity index (χ3n) is 10.7. The number of carboxylic acid groups (broad SMARTS) is 1. The van der Waals surface area contributed by atoms with E-state index in [0.29, 0.717) is 19.4 Å². The number of carboxylic acids is 1. The van der Waals surface area contributed by atoms with Gasteiger partial charge in [0, 0.05) is 17.8 Å². The van der Waals surface area contributed by atoms with E-state index in [2.05, 4.69) is 20.8 Å².